The first kappa shape index (κ1) is 26.6. The molecule has 0 radical (unpaired) electrons. The molecule has 2 aliphatic rings. The van der Waals surface area contributed by atoms with E-state index in [2.05, 4.69) is 25.1 Å². The van der Waals surface area contributed by atoms with Gasteiger partial charge in [0.25, 0.3) is 0 Å². The van der Waals surface area contributed by atoms with E-state index in [0.29, 0.717) is 17.2 Å². The number of aryl methyl sites for hydroxylation is 1. The van der Waals surface area contributed by atoms with Gasteiger partial charge >= 0.3 is 11.9 Å². The Hall–Kier alpha value is -4.00. The lowest BCUT2D eigenvalue weighted by Gasteiger charge is -2.25. The zero-order chi connectivity index (χ0) is 27.7. The van der Waals surface area contributed by atoms with Gasteiger partial charge in [-0.1, -0.05) is 50.6 Å². The van der Waals surface area contributed by atoms with Gasteiger partial charge in [0.05, 0.1) is 18.9 Å². The standard InChI is InChI=1S/C32H34O7/c1-4-5-6-19-7-10-24-25(14-19)29(23-11-9-22(37-3)15-21(23)13-18(2)31(33)34)30(32(35)36)28(24)20-8-12-26-27(16-20)39-17-38-26/h7-12,14-16,18,28-30H,4-6,13,17H2,1-3H3,(H,33,34)(H,35,36)/t18-,28-,29+,30+/m0/s1/i3-1. The molecule has 3 aromatic carbocycles. The van der Waals surface area contributed by atoms with Crippen molar-refractivity contribution < 1.29 is 34.0 Å². The van der Waals surface area contributed by atoms with E-state index in [1.165, 1.54) is 5.56 Å². The van der Waals surface area contributed by atoms with Crippen molar-refractivity contribution in [3.63, 3.8) is 0 Å². The molecule has 5 rings (SSSR count). The molecule has 0 spiro atoms. The van der Waals surface area contributed by atoms with Crippen LogP contribution in [0.2, 0.25) is 0 Å². The largest absolute Gasteiger partial charge is 0.497 e. The molecular formula is C32H34O7. The summed E-state index contributed by atoms with van der Waals surface area (Å²) in [4.78, 5) is 24.9. The lowest BCUT2D eigenvalue weighted by molar-refractivity contribution is -0.143. The Labute approximate surface area is 228 Å². The van der Waals surface area contributed by atoms with Crippen LogP contribution in [-0.4, -0.2) is 36.1 Å². The number of hydrogen-bond donors (Lipinski definition) is 2. The summed E-state index contributed by atoms with van der Waals surface area (Å²) in [5.74, 6) is -2.24. The van der Waals surface area contributed by atoms with E-state index in [-0.39, 0.29) is 13.2 Å². The van der Waals surface area contributed by atoms with E-state index < -0.39 is 35.6 Å². The Kier molecular flexibility index (Phi) is 7.51. The molecule has 0 amide bonds. The minimum atomic E-state index is -0.901. The van der Waals surface area contributed by atoms with Crippen molar-refractivity contribution in [2.24, 2.45) is 11.8 Å². The fraction of sp³-hybridized carbons (Fsp3) is 0.375. The molecule has 1 aliphatic heterocycles. The van der Waals surface area contributed by atoms with Crippen molar-refractivity contribution in [3.8, 4) is 17.2 Å². The third kappa shape index (κ3) is 5.05. The highest BCUT2D eigenvalue weighted by atomic mass is 16.7. The highest BCUT2D eigenvalue weighted by molar-refractivity contribution is 5.78. The maximum atomic E-state index is 13.1. The Bertz CT molecular complexity index is 1400. The van der Waals surface area contributed by atoms with Gasteiger partial charge in [0, 0.05) is 11.8 Å². The number of hydrogen-bond acceptors (Lipinski definition) is 5. The van der Waals surface area contributed by atoms with Crippen molar-refractivity contribution >= 4 is 11.9 Å². The molecule has 0 fully saturated rings. The second-order valence-corrected chi connectivity index (χ2v) is 10.5. The highest BCUT2D eigenvalue weighted by Gasteiger charge is 2.47. The van der Waals surface area contributed by atoms with Crippen LogP contribution in [-0.2, 0) is 22.4 Å². The van der Waals surface area contributed by atoms with E-state index in [1.807, 2.05) is 36.4 Å². The van der Waals surface area contributed by atoms with E-state index in [9.17, 15) is 19.8 Å². The van der Waals surface area contributed by atoms with E-state index in [0.717, 1.165) is 47.1 Å². The van der Waals surface area contributed by atoms with Gasteiger partial charge in [-0.3, -0.25) is 9.59 Å². The summed E-state index contributed by atoms with van der Waals surface area (Å²) >= 11 is 0. The normalized spacial score (nSPS) is 19.9. The molecule has 7 nitrogen and oxygen atoms in total. The molecule has 7 heteroatoms. The zero-order valence-corrected chi connectivity index (χ0v) is 22.5. The van der Waals surface area contributed by atoms with Crippen LogP contribution in [0, 0.1) is 11.8 Å². The molecule has 204 valence electrons. The molecule has 0 saturated carbocycles. The number of carboxylic acids is 2. The molecule has 2 N–H and O–H groups in total. The average Bonchev–Trinajstić information content (AvgIpc) is 3.53. The number of methoxy groups -OCH3 is 1. The number of ether oxygens (including phenoxy) is 3. The second-order valence-electron chi connectivity index (χ2n) is 10.5. The Morgan fingerprint density at radius 1 is 0.949 bits per heavy atom. The van der Waals surface area contributed by atoms with E-state index in [1.54, 1.807) is 14.0 Å². The number of rotatable bonds is 10. The molecule has 0 bridgehead atoms. The highest BCUT2D eigenvalue weighted by Crippen LogP contribution is 2.54. The number of unbranched alkanes of at least 4 members (excludes halogenated alkanes) is 1. The summed E-state index contributed by atoms with van der Waals surface area (Å²) in [6, 6.07) is 17.6. The van der Waals surface area contributed by atoms with Gasteiger partial charge in [-0.15, -0.1) is 0 Å². The van der Waals surface area contributed by atoms with Crippen LogP contribution in [0.15, 0.2) is 54.6 Å². The SMILES string of the molecule is CCCCc1ccc2c(c1)[C@@H](c1ccc(O[11CH3])cc1C[C@H](C)C(=O)O)[C@H](C(=O)O)[C@H]2c1ccc2c(c1)OCO2. The molecule has 0 aromatic heterocycles. The fourth-order valence-corrected chi connectivity index (χ4v) is 6.04. The average molecular weight is 530 g/mol. The first-order valence-corrected chi connectivity index (χ1v) is 13.5. The molecule has 4 atom stereocenters. The number of fused-ring (bicyclic) bond motifs is 2. The smallest absolute Gasteiger partial charge is 0.308 e. The monoisotopic (exact) mass is 529 g/mol. The molecular weight excluding hydrogens is 495 g/mol. The van der Waals surface area contributed by atoms with Crippen LogP contribution < -0.4 is 14.2 Å². The lowest BCUT2D eigenvalue weighted by Crippen LogP contribution is -2.25. The molecule has 0 saturated heterocycles. The van der Waals surface area contributed by atoms with Crippen molar-refractivity contribution in [3.05, 3.63) is 88.0 Å². The number of benzene rings is 3. The van der Waals surface area contributed by atoms with Crippen LogP contribution in [0.1, 0.15) is 71.9 Å². The van der Waals surface area contributed by atoms with E-state index >= 15 is 0 Å². The Morgan fingerprint density at radius 2 is 1.72 bits per heavy atom. The van der Waals surface area contributed by atoms with Crippen LogP contribution in [0.25, 0.3) is 0 Å². The maximum absolute atomic E-state index is 13.1. The first-order valence-electron chi connectivity index (χ1n) is 13.5. The summed E-state index contributed by atoms with van der Waals surface area (Å²) in [6.45, 7) is 3.96. The third-order valence-electron chi connectivity index (χ3n) is 8.03. The summed E-state index contributed by atoms with van der Waals surface area (Å²) in [7, 11) is 1.57. The summed E-state index contributed by atoms with van der Waals surface area (Å²) in [5, 5.41) is 20.4. The van der Waals surface area contributed by atoms with Gasteiger partial charge in [-0.05, 0) is 76.9 Å². The number of carbonyl (C=O) groups is 2. The minimum absolute atomic E-state index is 0.142. The minimum Gasteiger partial charge on any atom is -0.497 e. The van der Waals surface area contributed by atoms with Crippen molar-refractivity contribution in [1.29, 1.82) is 0 Å². The predicted octanol–water partition coefficient (Wildman–Crippen LogP) is 6.01. The first-order chi connectivity index (χ1) is 18.8. The molecule has 3 aromatic rings. The van der Waals surface area contributed by atoms with Gasteiger partial charge in [0.15, 0.2) is 11.5 Å². The van der Waals surface area contributed by atoms with Crippen molar-refractivity contribution in [1.82, 2.24) is 0 Å². The zero-order valence-electron chi connectivity index (χ0n) is 22.5. The molecule has 39 heavy (non-hydrogen) atoms. The predicted molar refractivity (Wildman–Crippen MR) is 146 cm³/mol. The second kappa shape index (κ2) is 11.0. The molecule has 1 aliphatic carbocycles. The topological polar surface area (TPSA) is 102 Å². The van der Waals surface area contributed by atoms with E-state index in [4.69, 9.17) is 14.2 Å². The van der Waals surface area contributed by atoms with Crippen molar-refractivity contribution in [2.45, 2.75) is 51.4 Å². The third-order valence-corrected chi connectivity index (χ3v) is 8.03. The molecule has 1 heterocycles. The van der Waals surface area contributed by atoms with Crippen molar-refractivity contribution in [2.75, 3.05) is 13.9 Å². The van der Waals surface area contributed by atoms with Gasteiger partial charge < -0.3 is 24.4 Å². The number of carboxylic acid groups (broad SMARTS) is 2. The van der Waals surface area contributed by atoms with Crippen LogP contribution in [0.3, 0.4) is 0 Å². The van der Waals surface area contributed by atoms with Gasteiger partial charge in [0.1, 0.15) is 5.75 Å². The van der Waals surface area contributed by atoms with Gasteiger partial charge in [-0.2, -0.15) is 0 Å². The van der Waals surface area contributed by atoms with Crippen LogP contribution in [0.4, 0.5) is 0 Å². The maximum Gasteiger partial charge on any atom is 0.308 e. The summed E-state index contributed by atoms with van der Waals surface area (Å²) < 4.78 is 16.6. The van der Waals surface area contributed by atoms with Crippen LogP contribution >= 0.6 is 0 Å². The van der Waals surface area contributed by atoms with Gasteiger partial charge in [-0.25, -0.2) is 0 Å². The number of aliphatic carboxylic acids is 2. The van der Waals surface area contributed by atoms with Gasteiger partial charge in [0.2, 0.25) is 6.79 Å². The lowest BCUT2D eigenvalue weighted by atomic mass is 9.77. The fourth-order valence-electron chi connectivity index (χ4n) is 6.04. The summed E-state index contributed by atoms with van der Waals surface area (Å²) in [6.07, 6.45) is 3.29. The Balaban J connectivity index is 1.70. The van der Waals surface area contributed by atoms with Crippen LogP contribution in [0.5, 0.6) is 17.2 Å². The quantitative estimate of drug-likeness (QED) is 0.332. The molecule has 0 unspecified atom stereocenters. The Morgan fingerprint density at radius 3 is 2.44 bits per heavy atom. The summed E-state index contributed by atoms with van der Waals surface area (Å²) in [5.41, 5.74) is 5.59.